The summed E-state index contributed by atoms with van der Waals surface area (Å²) in [5.41, 5.74) is 1.66. The molecule has 3 rings (SSSR count). The Morgan fingerprint density at radius 2 is 1.72 bits per heavy atom. The first-order chi connectivity index (χ1) is 12.1. The summed E-state index contributed by atoms with van der Waals surface area (Å²) >= 11 is 6.69. The van der Waals surface area contributed by atoms with Crippen molar-refractivity contribution in [1.29, 1.82) is 0 Å². The summed E-state index contributed by atoms with van der Waals surface area (Å²) in [7, 11) is 1.61. The summed E-state index contributed by atoms with van der Waals surface area (Å²) < 4.78 is 11.1. The fourth-order valence-electron chi connectivity index (χ4n) is 2.40. The zero-order chi connectivity index (χ0) is 17.8. The molecule has 0 unspecified atom stereocenters. The highest BCUT2D eigenvalue weighted by Gasteiger charge is 2.33. The number of thiocarbonyl (C=S) groups is 1. The molecular formula is C19H17NO3S2. The number of thioether (sulfide) groups is 1. The maximum absolute atomic E-state index is 12.7. The molecule has 1 aliphatic heterocycles. The molecule has 1 heterocycles. The van der Waals surface area contributed by atoms with Crippen molar-refractivity contribution in [1.82, 2.24) is 0 Å². The van der Waals surface area contributed by atoms with E-state index < -0.39 is 0 Å². The molecule has 0 atom stereocenters. The number of nitrogens with zero attached hydrogens (tertiary/aromatic N) is 1. The van der Waals surface area contributed by atoms with Crippen LogP contribution in [0.5, 0.6) is 11.5 Å². The summed E-state index contributed by atoms with van der Waals surface area (Å²) in [6.45, 7) is 2.57. The number of ether oxygens (including phenoxy) is 2. The lowest BCUT2D eigenvalue weighted by atomic mass is 10.2. The minimum atomic E-state index is -0.117. The van der Waals surface area contributed by atoms with Crippen LogP contribution in [-0.4, -0.2) is 23.9 Å². The first-order valence-corrected chi connectivity index (χ1v) is 8.99. The minimum Gasteiger partial charge on any atom is -0.497 e. The molecule has 2 aromatic rings. The summed E-state index contributed by atoms with van der Waals surface area (Å²) in [5, 5.41) is 0. The van der Waals surface area contributed by atoms with Gasteiger partial charge in [-0.3, -0.25) is 9.69 Å². The van der Waals surface area contributed by atoms with Crippen LogP contribution >= 0.6 is 24.0 Å². The van der Waals surface area contributed by atoms with Gasteiger partial charge in [0, 0.05) is 0 Å². The number of carbonyl (C=O) groups is 1. The average Bonchev–Trinajstić information content (AvgIpc) is 2.90. The number of hydrogen-bond donors (Lipinski definition) is 0. The largest absolute Gasteiger partial charge is 0.497 e. The average molecular weight is 371 g/mol. The van der Waals surface area contributed by atoms with E-state index in [2.05, 4.69) is 0 Å². The molecule has 4 nitrogen and oxygen atoms in total. The first-order valence-electron chi connectivity index (χ1n) is 7.77. The van der Waals surface area contributed by atoms with Gasteiger partial charge in [-0.25, -0.2) is 0 Å². The topological polar surface area (TPSA) is 38.8 Å². The van der Waals surface area contributed by atoms with Gasteiger partial charge in [0.05, 0.1) is 24.3 Å². The lowest BCUT2D eigenvalue weighted by Gasteiger charge is -2.14. The molecule has 2 aromatic carbocycles. The van der Waals surface area contributed by atoms with Crippen molar-refractivity contribution < 1.29 is 14.3 Å². The zero-order valence-corrected chi connectivity index (χ0v) is 15.5. The van der Waals surface area contributed by atoms with Crippen LogP contribution in [0.2, 0.25) is 0 Å². The third kappa shape index (κ3) is 3.86. The van der Waals surface area contributed by atoms with Gasteiger partial charge in [0.25, 0.3) is 5.91 Å². The van der Waals surface area contributed by atoms with Crippen molar-refractivity contribution in [3.05, 3.63) is 59.0 Å². The Labute approximate surface area is 156 Å². The second-order valence-electron chi connectivity index (χ2n) is 5.22. The highest BCUT2D eigenvalue weighted by atomic mass is 32.2. The molecule has 0 saturated carbocycles. The second-order valence-corrected chi connectivity index (χ2v) is 6.89. The number of benzene rings is 2. The van der Waals surface area contributed by atoms with E-state index in [1.807, 2.05) is 61.5 Å². The van der Waals surface area contributed by atoms with E-state index >= 15 is 0 Å². The van der Waals surface area contributed by atoms with Gasteiger partial charge in [-0.1, -0.05) is 36.1 Å². The molecule has 0 bridgehead atoms. The Bertz CT molecular complexity index is 814. The van der Waals surface area contributed by atoms with E-state index in [0.717, 1.165) is 22.7 Å². The van der Waals surface area contributed by atoms with Gasteiger partial charge in [0.1, 0.15) is 11.5 Å². The molecule has 0 radical (unpaired) electrons. The van der Waals surface area contributed by atoms with Crippen LogP contribution in [0.4, 0.5) is 5.69 Å². The Hall–Kier alpha value is -2.31. The van der Waals surface area contributed by atoms with Crippen molar-refractivity contribution in [3.63, 3.8) is 0 Å². The van der Waals surface area contributed by atoms with Crippen molar-refractivity contribution >= 4 is 46.0 Å². The standard InChI is InChI=1S/C19H17NO3S2/c1-3-23-16-8-4-13(5-9-16)12-17-18(21)20(19(24)25-17)14-6-10-15(22-2)11-7-14/h4-12H,3H2,1-2H3/b17-12-. The Morgan fingerprint density at radius 1 is 1.08 bits per heavy atom. The number of anilines is 1. The van der Waals surface area contributed by atoms with Gasteiger partial charge in [-0.15, -0.1) is 0 Å². The van der Waals surface area contributed by atoms with Gasteiger partial charge >= 0.3 is 0 Å². The van der Waals surface area contributed by atoms with Crippen LogP contribution < -0.4 is 14.4 Å². The summed E-state index contributed by atoms with van der Waals surface area (Å²) in [5.74, 6) is 1.43. The van der Waals surface area contributed by atoms with Crippen LogP contribution in [-0.2, 0) is 4.79 Å². The Morgan fingerprint density at radius 3 is 2.32 bits per heavy atom. The highest BCUT2D eigenvalue weighted by Crippen LogP contribution is 2.36. The van der Waals surface area contributed by atoms with E-state index in [1.165, 1.54) is 11.8 Å². The maximum Gasteiger partial charge on any atom is 0.270 e. The molecule has 1 aliphatic rings. The Balaban J connectivity index is 1.82. The first kappa shape index (κ1) is 17.5. The third-order valence-corrected chi connectivity index (χ3v) is 4.92. The summed E-state index contributed by atoms with van der Waals surface area (Å²) in [6, 6.07) is 14.9. The molecule has 1 fully saturated rings. The van der Waals surface area contributed by atoms with Crippen molar-refractivity contribution in [3.8, 4) is 11.5 Å². The van der Waals surface area contributed by atoms with Gasteiger partial charge in [0.2, 0.25) is 0 Å². The fourth-order valence-corrected chi connectivity index (χ4v) is 3.70. The predicted molar refractivity (Wildman–Crippen MR) is 106 cm³/mol. The van der Waals surface area contributed by atoms with E-state index in [1.54, 1.807) is 12.0 Å². The predicted octanol–water partition coefficient (Wildman–Crippen LogP) is 4.50. The second kappa shape index (κ2) is 7.72. The van der Waals surface area contributed by atoms with Crippen LogP contribution in [0.1, 0.15) is 12.5 Å². The molecule has 0 aromatic heterocycles. The number of hydrogen-bond acceptors (Lipinski definition) is 5. The van der Waals surface area contributed by atoms with Crippen LogP contribution in [0.3, 0.4) is 0 Å². The van der Waals surface area contributed by atoms with Crippen molar-refractivity contribution in [2.75, 3.05) is 18.6 Å². The Kier molecular flexibility index (Phi) is 5.40. The number of rotatable bonds is 5. The highest BCUT2D eigenvalue weighted by molar-refractivity contribution is 8.27. The fraction of sp³-hybridized carbons (Fsp3) is 0.158. The molecule has 0 aliphatic carbocycles. The van der Waals surface area contributed by atoms with Crippen LogP contribution in [0.15, 0.2) is 53.4 Å². The number of carbonyl (C=O) groups excluding carboxylic acids is 1. The van der Waals surface area contributed by atoms with Gasteiger partial charge < -0.3 is 9.47 Å². The third-order valence-electron chi connectivity index (χ3n) is 3.61. The lowest BCUT2D eigenvalue weighted by Crippen LogP contribution is -2.27. The normalized spacial score (nSPS) is 15.8. The van der Waals surface area contributed by atoms with Gasteiger partial charge in [0.15, 0.2) is 4.32 Å². The monoisotopic (exact) mass is 371 g/mol. The molecule has 0 spiro atoms. The summed E-state index contributed by atoms with van der Waals surface area (Å²) in [4.78, 5) is 14.9. The smallest absolute Gasteiger partial charge is 0.270 e. The maximum atomic E-state index is 12.7. The number of methoxy groups -OCH3 is 1. The van der Waals surface area contributed by atoms with E-state index in [4.69, 9.17) is 21.7 Å². The van der Waals surface area contributed by atoms with Crippen molar-refractivity contribution in [2.45, 2.75) is 6.92 Å². The molecule has 1 amide bonds. The molecule has 6 heteroatoms. The quantitative estimate of drug-likeness (QED) is 0.572. The van der Waals surface area contributed by atoms with Gasteiger partial charge in [-0.2, -0.15) is 0 Å². The van der Waals surface area contributed by atoms with Crippen molar-refractivity contribution in [2.24, 2.45) is 0 Å². The van der Waals surface area contributed by atoms with E-state index in [0.29, 0.717) is 15.8 Å². The molecular weight excluding hydrogens is 354 g/mol. The lowest BCUT2D eigenvalue weighted by molar-refractivity contribution is -0.113. The molecule has 0 N–H and O–H groups in total. The van der Waals surface area contributed by atoms with Crippen LogP contribution in [0, 0.1) is 0 Å². The summed E-state index contributed by atoms with van der Waals surface area (Å²) in [6.07, 6.45) is 1.85. The van der Waals surface area contributed by atoms with E-state index in [9.17, 15) is 4.79 Å². The van der Waals surface area contributed by atoms with Gasteiger partial charge in [-0.05, 0) is 55.0 Å². The minimum absolute atomic E-state index is 0.117. The molecule has 1 saturated heterocycles. The molecule has 128 valence electrons. The van der Waals surface area contributed by atoms with Crippen LogP contribution in [0.25, 0.3) is 6.08 Å². The molecule has 25 heavy (non-hydrogen) atoms. The van der Waals surface area contributed by atoms with E-state index in [-0.39, 0.29) is 5.91 Å². The SMILES string of the molecule is CCOc1ccc(/C=C2\SC(=S)N(c3ccc(OC)cc3)C2=O)cc1. The number of amides is 1. The zero-order valence-electron chi connectivity index (χ0n) is 13.9.